The van der Waals surface area contributed by atoms with Crippen LogP contribution in [0.4, 0.5) is 0 Å². The van der Waals surface area contributed by atoms with Gasteiger partial charge in [-0.25, -0.2) is 8.42 Å². The summed E-state index contributed by atoms with van der Waals surface area (Å²) >= 11 is 0. The third-order valence-electron chi connectivity index (χ3n) is 3.01. The second kappa shape index (κ2) is 8.81. The minimum Gasteiger partial charge on any atom is -0.383 e. The van der Waals surface area contributed by atoms with E-state index >= 15 is 0 Å². The molecule has 0 bridgehead atoms. The number of methoxy groups -OCH3 is 1. The molecule has 6 nitrogen and oxygen atoms in total. The summed E-state index contributed by atoms with van der Waals surface area (Å²) in [6.07, 6.45) is 3.14. The van der Waals surface area contributed by atoms with Crippen molar-refractivity contribution in [2.75, 3.05) is 38.8 Å². The van der Waals surface area contributed by atoms with Crippen LogP contribution in [0.5, 0.6) is 0 Å². The molecule has 0 aromatic rings. The van der Waals surface area contributed by atoms with Gasteiger partial charge in [0.25, 0.3) is 0 Å². The molecule has 0 spiro atoms. The van der Waals surface area contributed by atoms with Crippen molar-refractivity contribution in [1.29, 1.82) is 0 Å². The summed E-state index contributed by atoms with van der Waals surface area (Å²) in [6, 6.07) is -0.0484. The molecule has 0 saturated heterocycles. The lowest BCUT2D eigenvalue weighted by atomic mass is 10.3. The first kappa shape index (κ1) is 19.6. The van der Waals surface area contributed by atoms with Gasteiger partial charge in [0.1, 0.15) is 9.84 Å². The van der Waals surface area contributed by atoms with Gasteiger partial charge in [0, 0.05) is 32.0 Å². The van der Waals surface area contributed by atoms with Gasteiger partial charge in [-0.2, -0.15) is 0 Å². The minimum atomic E-state index is -3.07. The summed E-state index contributed by atoms with van der Waals surface area (Å²) in [5.41, 5.74) is 0. The van der Waals surface area contributed by atoms with E-state index in [1.54, 1.807) is 18.9 Å². The molecule has 1 N–H and O–H groups in total. The fraction of sp³-hybridized carbons (Fsp3) is 0.917. The number of rotatable bonds is 9. The Hall–Kier alpha value is -0.370. The molecule has 0 heterocycles. The number of nitrogens with zero attached hydrogens (tertiary/aromatic N) is 1. The highest BCUT2D eigenvalue weighted by molar-refractivity contribution is 7.90. The van der Waals surface area contributed by atoms with Crippen LogP contribution in [0.1, 0.15) is 19.8 Å². The molecule has 20 heavy (non-hydrogen) atoms. The van der Waals surface area contributed by atoms with Crippen molar-refractivity contribution in [3.05, 3.63) is 0 Å². The average Bonchev–Trinajstić information content (AvgIpc) is 3.06. The Morgan fingerprint density at radius 3 is 2.50 bits per heavy atom. The Morgan fingerprint density at radius 1 is 1.45 bits per heavy atom. The highest BCUT2D eigenvalue weighted by atomic mass is 35.5. The zero-order valence-corrected chi connectivity index (χ0v) is 13.9. The van der Waals surface area contributed by atoms with Crippen molar-refractivity contribution in [2.24, 2.45) is 0 Å². The van der Waals surface area contributed by atoms with Crippen LogP contribution < -0.4 is 5.32 Å². The maximum absolute atomic E-state index is 12.1. The van der Waals surface area contributed by atoms with E-state index < -0.39 is 9.84 Å². The van der Waals surface area contributed by atoms with E-state index in [0.717, 1.165) is 12.8 Å². The third kappa shape index (κ3) is 7.42. The standard InChI is InChI=1S/C12H24N2O4S.ClH/c1-10(9-19(3,16)17)14(11-4-5-11)12(15)8-13-6-7-18-2;/h10-11,13H,4-9H2,1-3H3;1H. The Bertz CT molecular complexity index is 398. The highest BCUT2D eigenvalue weighted by Gasteiger charge is 2.36. The first-order valence-corrected chi connectivity index (χ1v) is 8.59. The molecular weight excluding hydrogens is 304 g/mol. The number of hydrogen-bond acceptors (Lipinski definition) is 5. The van der Waals surface area contributed by atoms with E-state index in [-0.39, 0.29) is 42.7 Å². The van der Waals surface area contributed by atoms with Crippen molar-refractivity contribution in [3.63, 3.8) is 0 Å². The molecule has 1 saturated carbocycles. The lowest BCUT2D eigenvalue weighted by Gasteiger charge is -2.29. The van der Waals surface area contributed by atoms with Crippen molar-refractivity contribution >= 4 is 28.2 Å². The van der Waals surface area contributed by atoms with Crippen LogP contribution >= 0.6 is 12.4 Å². The van der Waals surface area contributed by atoms with Crippen LogP contribution in [-0.2, 0) is 19.4 Å². The van der Waals surface area contributed by atoms with E-state index in [1.165, 1.54) is 6.26 Å². The molecule has 1 unspecified atom stereocenters. The van der Waals surface area contributed by atoms with Gasteiger partial charge in [0.05, 0.1) is 18.9 Å². The zero-order chi connectivity index (χ0) is 14.5. The molecule has 1 aliphatic carbocycles. The minimum absolute atomic E-state index is 0. The Balaban J connectivity index is 0.00000361. The lowest BCUT2D eigenvalue weighted by molar-refractivity contribution is -0.132. The van der Waals surface area contributed by atoms with Gasteiger partial charge in [-0.05, 0) is 19.8 Å². The number of hydrogen-bond donors (Lipinski definition) is 1. The third-order valence-corrected chi connectivity index (χ3v) is 4.09. The maximum atomic E-state index is 12.1. The van der Waals surface area contributed by atoms with E-state index in [2.05, 4.69) is 5.32 Å². The summed E-state index contributed by atoms with van der Waals surface area (Å²) in [4.78, 5) is 13.9. The van der Waals surface area contributed by atoms with Gasteiger partial charge in [0.2, 0.25) is 5.91 Å². The van der Waals surface area contributed by atoms with Crippen LogP contribution in [0, 0.1) is 0 Å². The molecule has 8 heteroatoms. The average molecular weight is 329 g/mol. The number of nitrogens with one attached hydrogen (secondary N) is 1. The number of ether oxygens (including phenoxy) is 1. The van der Waals surface area contributed by atoms with Gasteiger partial charge in [-0.1, -0.05) is 0 Å². The van der Waals surface area contributed by atoms with E-state index in [1.807, 2.05) is 0 Å². The fourth-order valence-corrected chi connectivity index (χ4v) is 3.18. The van der Waals surface area contributed by atoms with Gasteiger partial charge in [-0.15, -0.1) is 12.4 Å². The second-order valence-corrected chi connectivity index (χ2v) is 7.33. The summed E-state index contributed by atoms with van der Waals surface area (Å²) in [5.74, 6) is -0.0115. The second-order valence-electron chi connectivity index (χ2n) is 5.14. The normalized spacial score (nSPS) is 16.4. The Morgan fingerprint density at radius 2 is 2.05 bits per heavy atom. The van der Waals surface area contributed by atoms with Crippen molar-refractivity contribution in [3.8, 4) is 0 Å². The van der Waals surface area contributed by atoms with Gasteiger partial charge in [0.15, 0.2) is 0 Å². The number of carbonyl (C=O) groups excluding carboxylic acids is 1. The van der Waals surface area contributed by atoms with E-state index in [4.69, 9.17) is 4.74 Å². The highest BCUT2D eigenvalue weighted by Crippen LogP contribution is 2.29. The molecule has 1 rings (SSSR count). The van der Waals surface area contributed by atoms with E-state index in [9.17, 15) is 13.2 Å². The molecule has 1 atom stereocenters. The molecule has 0 aliphatic heterocycles. The van der Waals surface area contributed by atoms with Crippen LogP contribution in [0.3, 0.4) is 0 Å². The van der Waals surface area contributed by atoms with Crippen molar-refractivity contribution in [1.82, 2.24) is 10.2 Å². The van der Waals surface area contributed by atoms with Crippen LogP contribution in [0.25, 0.3) is 0 Å². The lowest BCUT2D eigenvalue weighted by Crippen LogP contribution is -2.47. The predicted molar refractivity (Wildman–Crippen MR) is 81.0 cm³/mol. The number of amides is 1. The summed E-state index contributed by atoms with van der Waals surface area (Å²) in [5, 5.41) is 3.00. The van der Waals surface area contributed by atoms with E-state index in [0.29, 0.717) is 13.2 Å². The smallest absolute Gasteiger partial charge is 0.237 e. The summed E-state index contributed by atoms with van der Waals surface area (Å²) in [7, 11) is -1.47. The first-order valence-electron chi connectivity index (χ1n) is 6.53. The SMILES string of the molecule is COCCNCC(=O)N(C(C)CS(C)(=O)=O)C1CC1.Cl. The van der Waals surface area contributed by atoms with Crippen LogP contribution in [0.2, 0.25) is 0 Å². The molecule has 1 aliphatic rings. The zero-order valence-electron chi connectivity index (χ0n) is 12.3. The van der Waals surface area contributed by atoms with Gasteiger partial charge < -0.3 is 15.0 Å². The predicted octanol–water partition coefficient (Wildman–Crippen LogP) is 0.0683. The molecule has 1 amide bonds. The van der Waals surface area contributed by atoms with Crippen LogP contribution in [-0.4, -0.2) is 70.1 Å². The van der Waals surface area contributed by atoms with Crippen LogP contribution in [0.15, 0.2) is 0 Å². The molecule has 120 valence electrons. The maximum Gasteiger partial charge on any atom is 0.237 e. The quantitative estimate of drug-likeness (QED) is 0.606. The molecule has 0 aromatic heterocycles. The first-order chi connectivity index (χ1) is 8.85. The largest absolute Gasteiger partial charge is 0.383 e. The number of carbonyl (C=O) groups is 1. The molecular formula is C12H25ClN2O4S. The van der Waals surface area contributed by atoms with Crippen molar-refractivity contribution < 1.29 is 17.9 Å². The number of halogens is 1. The topological polar surface area (TPSA) is 75.7 Å². The van der Waals surface area contributed by atoms with Gasteiger partial charge >= 0.3 is 0 Å². The molecule has 1 fully saturated rings. The summed E-state index contributed by atoms with van der Waals surface area (Å²) < 4.78 is 27.6. The Kier molecular flexibility index (Phi) is 8.65. The van der Waals surface area contributed by atoms with Crippen molar-refractivity contribution in [2.45, 2.75) is 31.8 Å². The monoisotopic (exact) mass is 328 g/mol. The molecule has 0 radical (unpaired) electrons. The fourth-order valence-electron chi connectivity index (χ4n) is 2.14. The van der Waals surface area contributed by atoms with Gasteiger partial charge in [-0.3, -0.25) is 4.79 Å². The Labute approximate surface area is 127 Å². The number of sulfone groups is 1. The molecule has 0 aromatic carbocycles. The summed E-state index contributed by atoms with van der Waals surface area (Å²) in [6.45, 7) is 3.19.